The molecule has 2 heterocycles. The smallest absolute Gasteiger partial charge is 0.330 e. The van der Waals surface area contributed by atoms with Gasteiger partial charge in [0.1, 0.15) is 25.0 Å². The predicted octanol–water partition coefficient (Wildman–Crippen LogP) is 1.03. The third kappa shape index (κ3) is 0.838. The summed E-state index contributed by atoms with van der Waals surface area (Å²) in [4.78, 5) is 0. The molecule has 0 spiro atoms. The van der Waals surface area contributed by atoms with Crippen molar-refractivity contribution in [2.24, 2.45) is 0 Å². The van der Waals surface area contributed by atoms with Gasteiger partial charge >= 0.3 is 5.95 Å². The fraction of sp³-hybridized carbons (Fsp3) is 0.250. The molecule has 0 N–H and O–H groups in total. The number of furan rings is 1. The van der Waals surface area contributed by atoms with Crippen molar-refractivity contribution in [2.45, 2.75) is 0 Å². The lowest BCUT2D eigenvalue weighted by atomic mass is 10.3. The van der Waals surface area contributed by atoms with Gasteiger partial charge in [-0.1, -0.05) is 5.92 Å². The molecule has 3 heteroatoms. The lowest BCUT2D eigenvalue weighted by molar-refractivity contribution is 0.137. The molecule has 0 aromatic carbocycles. The molecule has 2 rings (SSSR count). The van der Waals surface area contributed by atoms with Gasteiger partial charge in [-0.3, -0.25) is 0 Å². The van der Waals surface area contributed by atoms with Crippen molar-refractivity contribution in [1.29, 1.82) is 0 Å². The molecule has 0 unspecified atom stereocenters. The number of ether oxygens (including phenoxy) is 2. The summed E-state index contributed by atoms with van der Waals surface area (Å²) in [5.41, 5.74) is 0.611. The first kappa shape index (κ1) is 6.17. The molecular weight excluding hydrogens is 144 g/mol. The zero-order valence-electron chi connectivity index (χ0n) is 5.79. The average Bonchev–Trinajstić information content (AvgIpc) is 2.47. The molecule has 0 saturated carbocycles. The van der Waals surface area contributed by atoms with Gasteiger partial charge in [-0.15, -0.1) is 6.42 Å². The first-order valence-corrected chi connectivity index (χ1v) is 3.25. The van der Waals surface area contributed by atoms with E-state index in [9.17, 15) is 0 Å². The Bertz CT molecular complexity index is 306. The maximum absolute atomic E-state index is 5.22. The van der Waals surface area contributed by atoms with Gasteiger partial charge in [0.15, 0.2) is 0 Å². The normalized spacial score (nSPS) is 14.1. The minimum atomic E-state index is 0.393. The number of fused-ring (bicyclic) bond motifs is 1. The Balaban J connectivity index is 2.48. The molecule has 0 radical (unpaired) electrons. The molecule has 0 bridgehead atoms. The molecule has 0 atom stereocenters. The van der Waals surface area contributed by atoms with Crippen LogP contribution in [0.4, 0.5) is 0 Å². The van der Waals surface area contributed by atoms with Crippen LogP contribution in [0.3, 0.4) is 0 Å². The fourth-order valence-electron chi connectivity index (χ4n) is 0.943. The Morgan fingerprint density at radius 3 is 3.00 bits per heavy atom. The Kier molecular flexibility index (Phi) is 1.26. The van der Waals surface area contributed by atoms with Crippen LogP contribution in [0.1, 0.15) is 5.56 Å². The van der Waals surface area contributed by atoms with E-state index in [2.05, 4.69) is 5.92 Å². The van der Waals surface area contributed by atoms with Crippen LogP contribution < -0.4 is 9.47 Å². The Hall–Kier alpha value is -1.56. The summed E-state index contributed by atoms with van der Waals surface area (Å²) in [6.07, 6.45) is 6.63. The second kappa shape index (κ2) is 2.24. The van der Waals surface area contributed by atoms with Gasteiger partial charge < -0.3 is 13.9 Å². The quantitative estimate of drug-likeness (QED) is 0.517. The third-order valence-electron chi connectivity index (χ3n) is 1.43. The summed E-state index contributed by atoms with van der Waals surface area (Å²) in [6, 6.07) is 0. The van der Waals surface area contributed by atoms with Gasteiger partial charge in [-0.2, -0.15) is 0 Å². The van der Waals surface area contributed by atoms with Gasteiger partial charge in [0, 0.05) is 0 Å². The van der Waals surface area contributed by atoms with E-state index in [0.717, 1.165) is 0 Å². The van der Waals surface area contributed by atoms with Crippen LogP contribution in [-0.4, -0.2) is 13.2 Å². The second-order valence-corrected chi connectivity index (χ2v) is 2.11. The van der Waals surface area contributed by atoms with Gasteiger partial charge in [0.05, 0.1) is 0 Å². The first-order valence-electron chi connectivity index (χ1n) is 3.25. The molecule has 0 aliphatic carbocycles. The Labute approximate surface area is 63.9 Å². The number of rotatable bonds is 0. The molecule has 1 aromatic rings. The van der Waals surface area contributed by atoms with Crippen molar-refractivity contribution < 1.29 is 13.9 Å². The van der Waals surface area contributed by atoms with Crippen molar-refractivity contribution in [1.82, 2.24) is 0 Å². The van der Waals surface area contributed by atoms with Crippen molar-refractivity contribution in [2.75, 3.05) is 13.2 Å². The van der Waals surface area contributed by atoms with E-state index in [0.29, 0.717) is 30.5 Å². The van der Waals surface area contributed by atoms with Gasteiger partial charge in [-0.05, 0) is 0 Å². The van der Waals surface area contributed by atoms with Crippen LogP contribution in [0.15, 0.2) is 10.7 Å². The van der Waals surface area contributed by atoms with Gasteiger partial charge in [0.25, 0.3) is 0 Å². The standard InChI is InChI=1S/C8H6O3/c1-2-6-5-11-8-7(6)9-3-4-10-8/h1,5H,3-4H2. The zero-order chi connectivity index (χ0) is 7.68. The van der Waals surface area contributed by atoms with E-state index >= 15 is 0 Å². The average molecular weight is 150 g/mol. The molecule has 11 heavy (non-hydrogen) atoms. The van der Waals surface area contributed by atoms with Crippen LogP contribution in [0, 0.1) is 12.3 Å². The Morgan fingerprint density at radius 1 is 1.36 bits per heavy atom. The van der Waals surface area contributed by atoms with E-state index in [4.69, 9.17) is 20.3 Å². The number of hydrogen-bond acceptors (Lipinski definition) is 3. The molecule has 1 aliphatic rings. The summed E-state index contributed by atoms with van der Waals surface area (Å²) in [5.74, 6) is 3.38. The van der Waals surface area contributed by atoms with E-state index < -0.39 is 0 Å². The largest absolute Gasteiger partial charge is 0.482 e. The molecule has 0 amide bonds. The topological polar surface area (TPSA) is 31.6 Å². The minimum absolute atomic E-state index is 0.393. The number of hydrogen-bond donors (Lipinski definition) is 0. The second-order valence-electron chi connectivity index (χ2n) is 2.11. The summed E-state index contributed by atoms with van der Waals surface area (Å²) >= 11 is 0. The molecular formula is C8H6O3. The maximum atomic E-state index is 5.22. The number of terminal acetylenes is 1. The molecule has 0 saturated heterocycles. The van der Waals surface area contributed by atoms with Crippen LogP contribution in [0.25, 0.3) is 0 Å². The van der Waals surface area contributed by atoms with Gasteiger partial charge in [0.2, 0.25) is 5.75 Å². The first-order chi connectivity index (χ1) is 5.42. The third-order valence-corrected chi connectivity index (χ3v) is 1.43. The monoisotopic (exact) mass is 150 g/mol. The maximum Gasteiger partial charge on any atom is 0.330 e. The molecule has 0 fully saturated rings. The van der Waals surface area contributed by atoms with Crippen molar-refractivity contribution in [3.05, 3.63) is 11.8 Å². The molecule has 1 aliphatic heterocycles. The van der Waals surface area contributed by atoms with Crippen molar-refractivity contribution in [3.63, 3.8) is 0 Å². The highest BCUT2D eigenvalue weighted by Crippen LogP contribution is 2.34. The summed E-state index contributed by atoms with van der Waals surface area (Å²) < 4.78 is 15.3. The van der Waals surface area contributed by atoms with Crippen molar-refractivity contribution in [3.8, 4) is 24.0 Å². The summed E-state index contributed by atoms with van der Waals surface area (Å²) in [6.45, 7) is 1.05. The van der Waals surface area contributed by atoms with Crippen LogP contribution >= 0.6 is 0 Å². The lowest BCUT2D eigenvalue weighted by Crippen LogP contribution is -2.14. The van der Waals surface area contributed by atoms with Crippen LogP contribution in [0.2, 0.25) is 0 Å². The highest BCUT2D eigenvalue weighted by atomic mass is 16.6. The summed E-state index contributed by atoms with van der Waals surface area (Å²) in [7, 11) is 0. The molecule has 1 aromatic heterocycles. The summed E-state index contributed by atoms with van der Waals surface area (Å²) in [5, 5.41) is 0. The van der Waals surface area contributed by atoms with Crippen LogP contribution in [0.5, 0.6) is 11.7 Å². The van der Waals surface area contributed by atoms with E-state index in [1.807, 2.05) is 0 Å². The van der Waals surface area contributed by atoms with Crippen LogP contribution in [-0.2, 0) is 0 Å². The van der Waals surface area contributed by atoms with E-state index in [-0.39, 0.29) is 0 Å². The highest BCUT2D eigenvalue weighted by Gasteiger charge is 2.19. The lowest BCUT2D eigenvalue weighted by Gasteiger charge is -2.12. The Morgan fingerprint density at radius 2 is 2.18 bits per heavy atom. The zero-order valence-corrected chi connectivity index (χ0v) is 5.79. The fourth-order valence-corrected chi connectivity index (χ4v) is 0.943. The molecule has 3 nitrogen and oxygen atoms in total. The van der Waals surface area contributed by atoms with Crippen molar-refractivity contribution >= 4 is 0 Å². The van der Waals surface area contributed by atoms with E-state index in [1.165, 1.54) is 6.26 Å². The van der Waals surface area contributed by atoms with Gasteiger partial charge in [-0.25, -0.2) is 0 Å². The van der Waals surface area contributed by atoms with E-state index in [1.54, 1.807) is 0 Å². The molecule has 56 valence electrons. The predicted molar refractivity (Wildman–Crippen MR) is 37.6 cm³/mol. The SMILES string of the molecule is C#Cc1coc2c1OCCO2. The highest BCUT2D eigenvalue weighted by molar-refractivity contribution is 5.49. The minimum Gasteiger partial charge on any atom is -0.482 e.